The molecule has 2 aliphatic rings. The molecule has 28 heavy (non-hydrogen) atoms. The van der Waals surface area contributed by atoms with E-state index in [1.165, 1.54) is 0 Å². The third-order valence-electron chi connectivity index (χ3n) is 5.63. The predicted molar refractivity (Wildman–Crippen MR) is 109 cm³/mol. The normalized spacial score (nSPS) is 25.0. The molecular weight excluding hydrogens is 358 g/mol. The number of aryl methyl sites for hydroxylation is 1. The second-order valence-electron chi connectivity index (χ2n) is 7.66. The highest BCUT2D eigenvalue weighted by Gasteiger charge is 2.46. The van der Waals surface area contributed by atoms with Crippen molar-refractivity contribution in [1.82, 2.24) is 21.0 Å². The summed E-state index contributed by atoms with van der Waals surface area (Å²) in [7, 11) is 0. The summed E-state index contributed by atoms with van der Waals surface area (Å²) in [4.78, 5) is 24.2. The van der Waals surface area contributed by atoms with Gasteiger partial charge in [0.25, 0.3) is 0 Å². The first kappa shape index (κ1) is 20.5. The minimum atomic E-state index is -1.16. The molecular formula is C20H29N5O3. The number of quaternary nitrogens is 1. The Hall–Kier alpha value is -2.26. The lowest BCUT2D eigenvalue weighted by molar-refractivity contribution is -0.122. The van der Waals surface area contributed by atoms with Crippen LogP contribution in [0.25, 0.3) is 5.57 Å². The summed E-state index contributed by atoms with van der Waals surface area (Å²) in [6.07, 6.45) is 2.48. The van der Waals surface area contributed by atoms with Gasteiger partial charge in [0, 0.05) is 24.7 Å². The summed E-state index contributed by atoms with van der Waals surface area (Å²) in [6.45, 7) is 6.95. The molecule has 0 bridgehead atoms. The lowest BCUT2D eigenvalue weighted by Gasteiger charge is -2.38. The molecule has 3 atom stereocenters. The number of nitrogens with two attached hydrogens (primary N) is 1. The smallest absolute Gasteiger partial charge is 0.305 e. The number of hydrogen-bond donors (Lipinski definition) is 4. The Balaban J connectivity index is 1.99. The van der Waals surface area contributed by atoms with Crippen molar-refractivity contribution in [3.63, 3.8) is 0 Å². The topological polar surface area (TPSA) is 119 Å². The van der Waals surface area contributed by atoms with Gasteiger partial charge in [-0.05, 0) is 31.2 Å². The maximum Gasteiger partial charge on any atom is 0.305 e. The minimum absolute atomic E-state index is 0.00798. The van der Waals surface area contributed by atoms with Gasteiger partial charge in [0.05, 0.1) is 11.5 Å². The van der Waals surface area contributed by atoms with Gasteiger partial charge in [0.2, 0.25) is 11.6 Å². The number of primary amides is 1. The van der Waals surface area contributed by atoms with E-state index in [1.807, 2.05) is 19.9 Å². The van der Waals surface area contributed by atoms with Crippen molar-refractivity contribution in [3.05, 3.63) is 40.2 Å². The van der Waals surface area contributed by atoms with Crippen molar-refractivity contribution in [3.8, 4) is 0 Å². The monoisotopic (exact) mass is 387 g/mol. The van der Waals surface area contributed by atoms with Crippen LogP contribution in [0.1, 0.15) is 44.2 Å². The molecule has 0 aromatic heterocycles. The maximum atomic E-state index is 13.9. The quantitative estimate of drug-likeness (QED) is 0.307. The number of rotatable bonds is 8. The van der Waals surface area contributed by atoms with Crippen LogP contribution in [0.15, 0.2) is 23.9 Å². The molecule has 0 saturated carbocycles. The van der Waals surface area contributed by atoms with Crippen molar-refractivity contribution in [1.29, 1.82) is 0 Å². The molecule has 3 unspecified atom stereocenters. The van der Waals surface area contributed by atoms with Gasteiger partial charge in [-0.1, -0.05) is 37.9 Å². The number of carbonyl (C=O) groups excluding carboxylic acids is 2. The van der Waals surface area contributed by atoms with E-state index >= 15 is 0 Å². The summed E-state index contributed by atoms with van der Waals surface area (Å²) >= 11 is 0. The Bertz CT molecular complexity index is 822. The first-order valence-corrected chi connectivity index (χ1v) is 9.84. The Morgan fingerprint density at radius 2 is 2.21 bits per heavy atom. The Kier molecular flexibility index (Phi) is 5.85. The van der Waals surface area contributed by atoms with Crippen molar-refractivity contribution in [2.45, 2.75) is 40.0 Å². The third-order valence-corrected chi connectivity index (χ3v) is 5.63. The third kappa shape index (κ3) is 3.44. The molecule has 1 aromatic carbocycles. The van der Waals surface area contributed by atoms with Crippen LogP contribution in [0.4, 0.5) is 5.69 Å². The zero-order valence-corrected chi connectivity index (χ0v) is 16.7. The number of hydrogen-bond acceptors (Lipinski definition) is 5. The van der Waals surface area contributed by atoms with Crippen LogP contribution >= 0.6 is 0 Å². The number of amides is 2. The highest BCUT2D eigenvalue weighted by atomic mass is 16.6. The number of fused-ring (bicyclic) bond motifs is 1. The fourth-order valence-electron chi connectivity index (χ4n) is 4.25. The molecule has 5 N–H and O–H groups in total. The van der Waals surface area contributed by atoms with E-state index < -0.39 is 10.7 Å². The summed E-state index contributed by atoms with van der Waals surface area (Å²) in [5.41, 5.74) is 14.2. The lowest BCUT2D eigenvalue weighted by atomic mass is 9.88. The second kappa shape index (κ2) is 8.00. The maximum absolute atomic E-state index is 13.9. The summed E-state index contributed by atoms with van der Waals surface area (Å²) in [5, 5.41) is 16.7. The van der Waals surface area contributed by atoms with E-state index in [-0.39, 0.29) is 23.4 Å². The van der Waals surface area contributed by atoms with Crippen molar-refractivity contribution in [2.24, 2.45) is 17.6 Å². The summed E-state index contributed by atoms with van der Waals surface area (Å²) < 4.78 is -1.16. The number of carbonyl (C=O) groups is 2. The van der Waals surface area contributed by atoms with Gasteiger partial charge in [-0.25, -0.2) is 5.43 Å². The minimum Gasteiger partial charge on any atom is -0.600 e. The number of nitrogens with one attached hydrogen (secondary N) is 3. The summed E-state index contributed by atoms with van der Waals surface area (Å²) in [6, 6.07) is 5.46. The number of allylic oxidation sites excluding steroid dienone is 1. The van der Waals surface area contributed by atoms with Crippen LogP contribution in [-0.2, 0) is 9.59 Å². The number of benzene rings is 1. The van der Waals surface area contributed by atoms with Gasteiger partial charge >= 0.3 is 5.91 Å². The molecule has 2 aliphatic heterocycles. The molecule has 0 aliphatic carbocycles. The Morgan fingerprint density at radius 1 is 1.46 bits per heavy atom. The first-order chi connectivity index (χ1) is 13.3. The molecule has 2 amide bonds. The largest absolute Gasteiger partial charge is 0.600 e. The molecule has 3 rings (SSSR count). The highest BCUT2D eigenvalue weighted by molar-refractivity contribution is 6.07. The molecule has 0 spiro atoms. The predicted octanol–water partition coefficient (Wildman–Crippen LogP) is 1.59. The fourth-order valence-corrected chi connectivity index (χ4v) is 4.25. The Morgan fingerprint density at radius 3 is 2.82 bits per heavy atom. The van der Waals surface area contributed by atoms with Crippen LogP contribution in [0.3, 0.4) is 0 Å². The molecule has 1 aromatic rings. The van der Waals surface area contributed by atoms with Crippen LogP contribution < -0.4 is 26.8 Å². The van der Waals surface area contributed by atoms with E-state index in [0.717, 1.165) is 24.0 Å². The average Bonchev–Trinajstić information content (AvgIpc) is 3.16. The standard InChI is InChI=1S/C20H29N5O3/c1-4-6-12(2)17-16-13(3)7-5-8-15(16)25(28,18(17)19(21)26)24-23-11-14-9-10-22-20(14)27/h5,7-8,12,14,23-24H,4,6,9-11H2,1-3H3,(H2,21,26)(H,22,27). The molecule has 8 nitrogen and oxygen atoms in total. The molecule has 1 saturated heterocycles. The van der Waals surface area contributed by atoms with Gasteiger partial charge in [0.1, 0.15) is 0 Å². The second-order valence-corrected chi connectivity index (χ2v) is 7.66. The van der Waals surface area contributed by atoms with Gasteiger partial charge in [0.15, 0.2) is 5.69 Å². The van der Waals surface area contributed by atoms with Gasteiger partial charge in [-0.3, -0.25) is 9.59 Å². The number of hydrazine groups is 1. The SMILES string of the molecule is CCCC(C)C1=C(C(N)=O)[N+]([O-])(NNCC2CCNC2=O)c2cccc(C)c21. The molecule has 0 radical (unpaired) electrons. The van der Waals surface area contributed by atoms with E-state index in [9.17, 15) is 14.8 Å². The molecule has 2 heterocycles. The number of hydroxylamine groups is 1. The van der Waals surface area contributed by atoms with E-state index in [0.29, 0.717) is 30.8 Å². The van der Waals surface area contributed by atoms with Gasteiger partial charge < -0.3 is 16.3 Å². The van der Waals surface area contributed by atoms with Crippen molar-refractivity contribution in [2.75, 3.05) is 13.1 Å². The zero-order valence-electron chi connectivity index (χ0n) is 16.7. The fraction of sp³-hybridized carbons (Fsp3) is 0.500. The first-order valence-electron chi connectivity index (χ1n) is 9.84. The number of nitrogens with zero attached hydrogens (tertiary/aromatic N) is 1. The van der Waals surface area contributed by atoms with Crippen LogP contribution in [0.5, 0.6) is 0 Å². The molecule has 8 heteroatoms. The molecule has 1 fully saturated rings. The van der Waals surface area contributed by atoms with Crippen molar-refractivity contribution >= 4 is 23.1 Å². The van der Waals surface area contributed by atoms with Gasteiger partial charge in [-0.15, -0.1) is 0 Å². The van der Waals surface area contributed by atoms with E-state index in [4.69, 9.17) is 5.73 Å². The lowest BCUT2D eigenvalue weighted by Crippen LogP contribution is -2.61. The van der Waals surface area contributed by atoms with Crippen LogP contribution in [-0.4, -0.2) is 24.9 Å². The average molecular weight is 387 g/mol. The van der Waals surface area contributed by atoms with E-state index in [1.54, 1.807) is 12.1 Å². The van der Waals surface area contributed by atoms with Gasteiger partial charge in [-0.2, -0.15) is 4.76 Å². The highest BCUT2D eigenvalue weighted by Crippen LogP contribution is 2.48. The van der Waals surface area contributed by atoms with Crippen LogP contribution in [0, 0.1) is 24.0 Å². The summed E-state index contributed by atoms with van der Waals surface area (Å²) in [5.74, 6) is -0.967. The van der Waals surface area contributed by atoms with E-state index in [2.05, 4.69) is 23.2 Å². The zero-order chi connectivity index (χ0) is 20.5. The Labute approximate surface area is 165 Å². The molecule has 152 valence electrons. The van der Waals surface area contributed by atoms with Crippen LogP contribution in [0.2, 0.25) is 0 Å². The van der Waals surface area contributed by atoms with Crippen molar-refractivity contribution < 1.29 is 9.59 Å².